The van der Waals surface area contributed by atoms with Crippen molar-refractivity contribution in [3.05, 3.63) is 29.8 Å². The van der Waals surface area contributed by atoms with Crippen LogP contribution in [0.3, 0.4) is 0 Å². The average Bonchev–Trinajstić information content (AvgIpc) is 3.12. The molecule has 1 saturated carbocycles. The van der Waals surface area contributed by atoms with Crippen LogP contribution >= 0.6 is 12.2 Å². The van der Waals surface area contributed by atoms with E-state index >= 15 is 0 Å². The number of nitrogens with one attached hydrogen (secondary N) is 1. The van der Waals surface area contributed by atoms with Crippen molar-refractivity contribution >= 4 is 27.2 Å². The third-order valence-electron chi connectivity index (χ3n) is 3.19. The van der Waals surface area contributed by atoms with Crippen LogP contribution in [0.1, 0.15) is 31.7 Å². The van der Waals surface area contributed by atoms with Crippen molar-refractivity contribution < 1.29 is 8.42 Å². The van der Waals surface area contributed by atoms with Gasteiger partial charge in [-0.2, -0.15) is 0 Å². The van der Waals surface area contributed by atoms with Crippen molar-refractivity contribution in [1.29, 1.82) is 0 Å². The molecule has 1 aliphatic carbocycles. The Morgan fingerprint density at radius 1 is 1.42 bits per heavy atom. The Bertz CT molecular complexity index is 563. The smallest absolute Gasteiger partial charge is 0.240 e. The second-order valence-corrected chi connectivity index (χ2v) is 7.24. The summed E-state index contributed by atoms with van der Waals surface area (Å²) in [5, 5.41) is 0. The van der Waals surface area contributed by atoms with Gasteiger partial charge in [-0.05, 0) is 31.4 Å². The van der Waals surface area contributed by atoms with Gasteiger partial charge in [0.25, 0.3) is 0 Å². The number of hydrogen-bond donors (Lipinski definition) is 2. The van der Waals surface area contributed by atoms with E-state index in [9.17, 15) is 8.42 Å². The molecule has 3 N–H and O–H groups in total. The fourth-order valence-electron chi connectivity index (χ4n) is 2.03. The zero-order chi connectivity index (χ0) is 14.0. The molecule has 2 rings (SSSR count). The Kier molecular flexibility index (Phi) is 4.23. The quantitative estimate of drug-likeness (QED) is 0.785. The molecule has 0 spiro atoms. The minimum absolute atomic E-state index is 0.0345. The highest BCUT2D eigenvalue weighted by atomic mass is 32.2. The minimum atomic E-state index is -3.45. The Labute approximate surface area is 119 Å². The van der Waals surface area contributed by atoms with Gasteiger partial charge in [-0.1, -0.05) is 37.2 Å². The van der Waals surface area contributed by atoms with Crippen LogP contribution in [0, 0.1) is 5.92 Å². The van der Waals surface area contributed by atoms with Crippen molar-refractivity contribution in [3.8, 4) is 0 Å². The molecule has 0 amide bonds. The van der Waals surface area contributed by atoms with E-state index in [1.807, 2.05) is 6.92 Å². The molecule has 0 aromatic heterocycles. The van der Waals surface area contributed by atoms with Gasteiger partial charge in [-0.25, -0.2) is 13.1 Å². The predicted octanol–water partition coefficient (Wildman–Crippen LogP) is 1.79. The second-order valence-electron chi connectivity index (χ2n) is 5.09. The molecular formula is C13H18N2O2S2. The fourth-order valence-corrected chi connectivity index (χ4v) is 3.43. The summed E-state index contributed by atoms with van der Waals surface area (Å²) < 4.78 is 27.0. The first-order chi connectivity index (χ1) is 8.88. The molecule has 1 unspecified atom stereocenters. The number of hydrogen-bond acceptors (Lipinski definition) is 3. The van der Waals surface area contributed by atoms with Crippen molar-refractivity contribution in [2.75, 3.05) is 0 Å². The molecule has 6 heteroatoms. The van der Waals surface area contributed by atoms with Crippen molar-refractivity contribution in [1.82, 2.24) is 4.72 Å². The van der Waals surface area contributed by atoms with Gasteiger partial charge in [-0.15, -0.1) is 0 Å². The predicted molar refractivity (Wildman–Crippen MR) is 79.5 cm³/mol. The van der Waals surface area contributed by atoms with Crippen LogP contribution in [0.5, 0.6) is 0 Å². The Morgan fingerprint density at radius 2 is 2.00 bits per heavy atom. The van der Waals surface area contributed by atoms with Crippen molar-refractivity contribution in [2.45, 2.75) is 37.1 Å². The summed E-state index contributed by atoms with van der Waals surface area (Å²) in [4.78, 5) is 0.508. The van der Waals surface area contributed by atoms with E-state index < -0.39 is 10.0 Å². The molecule has 1 aliphatic rings. The molecule has 0 heterocycles. The van der Waals surface area contributed by atoms with Gasteiger partial charge in [-0.3, -0.25) is 0 Å². The molecule has 19 heavy (non-hydrogen) atoms. The van der Waals surface area contributed by atoms with Gasteiger partial charge in [0.05, 0.1) is 4.90 Å². The summed E-state index contributed by atoms with van der Waals surface area (Å²) in [5.41, 5.74) is 6.15. The van der Waals surface area contributed by atoms with Gasteiger partial charge in [0, 0.05) is 11.6 Å². The van der Waals surface area contributed by atoms with Crippen LogP contribution < -0.4 is 10.5 Å². The van der Waals surface area contributed by atoms with Crippen LogP contribution in [0.15, 0.2) is 29.2 Å². The molecule has 0 aliphatic heterocycles. The Morgan fingerprint density at radius 3 is 2.47 bits per heavy atom. The Hall–Kier alpha value is -0.980. The molecule has 104 valence electrons. The van der Waals surface area contributed by atoms with Crippen LogP contribution in [-0.2, 0) is 10.0 Å². The van der Waals surface area contributed by atoms with Crippen LogP contribution in [0.25, 0.3) is 0 Å². The van der Waals surface area contributed by atoms with Crippen molar-refractivity contribution in [3.63, 3.8) is 0 Å². The number of benzene rings is 1. The highest BCUT2D eigenvalue weighted by Crippen LogP contribution is 2.33. The number of nitrogens with two attached hydrogens (primary N) is 1. The maximum Gasteiger partial charge on any atom is 0.240 e. The van der Waals surface area contributed by atoms with Gasteiger partial charge in [0.15, 0.2) is 0 Å². The maximum absolute atomic E-state index is 12.2. The number of rotatable bonds is 6. The lowest BCUT2D eigenvalue weighted by atomic mass is 10.2. The minimum Gasteiger partial charge on any atom is -0.389 e. The zero-order valence-corrected chi connectivity index (χ0v) is 12.4. The molecule has 4 nitrogen and oxygen atoms in total. The third-order valence-corrected chi connectivity index (χ3v) is 5.03. The highest BCUT2D eigenvalue weighted by molar-refractivity contribution is 7.89. The normalized spacial score (nSPS) is 17.1. The van der Waals surface area contributed by atoms with E-state index in [4.69, 9.17) is 18.0 Å². The lowest BCUT2D eigenvalue weighted by molar-refractivity contribution is 0.530. The van der Waals surface area contributed by atoms with Crippen LogP contribution in [-0.4, -0.2) is 19.4 Å². The average molecular weight is 298 g/mol. The largest absolute Gasteiger partial charge is 0.389 e. The Balaban J connectivity index is 2.07. The fraction of sp³-hybridized carbons (Fsp3) is 0.462. The van der Waals surface area contributed by atoms with Crippen LogP contribution in [0.2, 0.25) is 0 Å². The van der Waals surface area contributed by atoms with Gasteiger partial charge in [0.2, 0.25) is 10.0 Å². The molecular weight excluding hydrogens is 280 g/mol. The summed E-state index contributed by atoms with van der Waals surface area (Å²) in [6, 6.07) is 6.28. The maximum atomic E-state index is 12.2. The second kappa shape index (κ2) is 5.56. The van der Waals surface area contributed by atoms with Gasteiger partial charge < -0.3 is 5.73 Å². The molecule has 0 bridgehead atoms. The van der Waals surface area contributed by atoms with Gasteiger partial charge in [0.1, 0.15) is 4.99 Å². The van der Waals surface area contributed by atoms with Crippen LogP contribution in [0.4, 0.5) is 0 Å². The summed E-state index contributed by atoms with van der Waals surface area (Å²) in [6.07, 6.45) is 3.34. The first-order valence-corrected chi connectivity index (χ1v) is 8.20. The standard InChI is InChI=1S/C13H18N2O2S2/c1-9(8-10-2-3-10)15-19(16,17)12-6-4-11(5-7-12)13(14)18/h4-7,9-10,15H,2-3,8H2,1H3,(H2,14,18). The molecule has 1 fully saturated rings. The first kappa shape index (κ1) is 14.4. The van der Waals surface area contributed by atoms with Gasteiger partial charge >= 0.3 is 0 Å². The lowest BCUT2D eigenvalue weighted by Crippen LogP contribution is -2.32. The molecule has 1 aromatic carbocycles. The monoisotopic (exact) mass is 298 g/mol. The molecule has 1 atom stereocenters. The number of sulfonamides is 1. The van der Waals surface area contributed by atoms with Crippen molar-refractivity contribution in [2.24, 2.45) is 11.7 Å². The van der Waals surface area contributed by atoms with E-state index in [-0.39, 0.29) is 15.9 Å². The molecule has 0 radical (unpaired) electrons. The summed E-state index contributed by atoms with van der Waals surface area (Å²) in [7, 11) is -3.45. The first-order valence-electron chi connectivity index (χ1n) is 6.30. The third kappa shape index (κ3) is 3.99. The summed E-state index contributed by atoms with van der Waals surface area (Å²) in [5.74, 6) is 0.690. The molecule has 1 aromatic rings. The number of thiocarbonyl (C=S) groups is 1. The highest BCUT2D eigenvalue weighted by Gasteiger charge is 2.26. The topological polar surface area (TPSA) is 72.2 Å². The summed E-state index contributed by atoms with van der Waals surface area (Å²) >= 11 is 4.84. The van der Waals surface area contributed by atoms with E-state index in [1.54, 1.807) is 12.1 Å². The van der Waals surface area contributed by atoms with E-state index in [2.05, 4.69) is 4.72 Å². The zero-order valence-electron chi connectivity index (χ0n) is 10.8. The lowest BCUT2D eigenvalue weighted by Gasteiger charge is -2.14. The SMILES string of the molecule is CC(CC1CC1)NS(=O)(=O)c1ccc(C(N)=S)cc1. The van der Waals surface area contributed by atoms with E-state index in [1.165, 1.54) is 25.0 Å². The summed E-state index contributed by atoms with van der Waals surface area (Å²) in [6.45, 7) is 1.90. The molecule has 0 saturated heterocycles. The van der Waals surface area contributed by atoms with E-state index in [0.717, 1.165) is 6.42 Å². The van der Waals surface area contributed by atoms with E-state index in [0.29, 0.717) is 11.5 Å².